The molecule has 0 saturated heterocycles. The molecule has 1 aliphatic rings. The minimum absolute atomic E-state index is 0.0191. The molecular formula is C9H17NO2. The van der Waals surface area contributed by atoms with Gasteiger partial charge in [0.25, 0.3) is 0 Å². The summed E-state index contributed by atoms with van der Waals surface area (Å²) in [5.41, 5.74) is -0.149. The van der Waals surface area contributed by atoms with Gasteiger partial charge in [-0.2, -0.15) is 0 Å². The monoisotopic (exact) mass is 171 g/mol. The standard InChI is InChI=1S/C9H17NO2/c1-9(2,3)10-8(11)6-12-7-4-5-7/h7H,4-6H2,1-3H3,(H,10,11). The van der Waals surface area contributed by atoms with E-state index in [0.717, 1.165) is 12.8 Å². The highest BCUT2D eigenvalue weighted by Gasteiger charge is 2.23. The van der Waals surface area contributed by atoms with Crippen molar-refractivity contribution in [2.75, 3.05) is 6.61 Å². The zero-order chi connectivity index (χ0) is 9.19. The second-order valence-electron chi connectivity index (χ2n) is 4.31. The van der Waals surface area contributed by atoms with Crippen molar-refractivity contribution < 1.29 is 9.53 Å². The second-order valence-corrected chi connectivity index (χ2v) is 4.31. The Kier molecular flexibility index (Phi) is 2.73. The molecule has 1 aliphatic carbocycles. The van der Waals surface area contributed by atoms with Gasteiger partial charge in [-0.15, -0.1) is 0 Å². The molecule has 0 aliphatic heterocycles. The van der Waals surface area contributed by atoms with Crippen LogP contribution in [0, 0.1) is 0 Å². The van der Waals surface area contributed by atoms with E-state index in [1.807, 2.05) is 20.8 Å². The number of hydrogen-bond acceptors (Lipinski definition) is 2. The SMILES string of the molecule is CC(C)(C)NC(=O)COC1CC1. The summed E-state index contributed by atoms with van der Waals surface area (Å²) in [6.45, 7) is 6.09. The molecule has 0 aromatic rings. The first-order valence-electron chi connectivity index (χ1n) is 4.40. The lowest BCUT2D eigenvalue weighted by molar-refractivity contribution is -0.127. The topological polar surface area (TPSA) is 38.3 Å². The maximum Gasteiger partial charge on any atom is 0.246 e. The Bertz CT molecular complexity index is 168. The van der Waals surface area contributed by atoms with E-state index >= 15 is 0 Å². The first kappa shape index (κ1) is 9.52. The number of carbonyl (C=O) groups excluding carboxylic acids is 1. The molecule has 0 radical (unpaired) electrons. The molecule has 0 aromatic heterocycles. The van der Waals surface area contributed by atoms with Gasteiger partial charge in [-0.3, -0.25) is 4.79 Å². The normalized spacial score (nSPS) is 17.6. The summed E-state index contributed by atoms with van der Waals surface area (Å²) in [5.74, 6) is -0.0191. The predicted molar refractivity (Wildman–Crippen MR) is 46.9 cm³/mol. The van der Waals surface area contributed by atoms with Crippen LogP contribution in [0.3, 0.4) is 0 Å². The van der Waals surface area contributed by atoms with Gasteiger partial charge in [0, 0.05) is 5.54 Å². The van der Waals surface area contributed by atoms with Crippen molar-refractivity contribution in [3.05, 3.63) is 0 Å². The van der Waals surface area contributed by atoms with Crippen LogP contribution < -0.4 is 5.32 Å². The number of nitrogens with one attached hydrogen (secondary N) is 1. The third-order valence-electron chi connectivity index (χ3n) is 1.49. The quantitative estimate of drug-likeness (QED) is 0.690. The molecule has 0 heterocycles. The molecular weight excluding hydrogens is 154 g/mol. The highest BCUT2D eigenvalue weighted by molar-refractivity contribution is 5.77. The smallest absolute Gasteiger partial charge is 0.246 e. The fourth-order valence-electron chi connectivity index (χ4n) is 0.883. The van der Waals surface area contributed by atoms with Crippen LogP contribution in [0.4, 0.5) is 0 Å². The minimum atomic E-state index is -0.149. The van der Waals surface area contributed by atoms with Gasteiger partial charge in [-0.25, -0.2) is 0 Å². The van der Waals surface area contributed by atoms with Crippen LogP contribution in [-0.4, -0.2) is 24.2 Å². The molecule has 0 bridgehead atoms. The summed E-state index contributed by atoms with van der Waals surface area (Å²) in [6, 6.07) is 0. The molecule has 1 fully saturated rings. The molecule has 0 atom stereocenters. The Labute approximate surface area is 73.5 Å². The Morgan fingerprint density at radius 3 is 2.50 bits per heavy atom. The van der Waals surface area contributed by atoms with E-state index in [9.17, 15) is 4.79 Å². The number of rotatable bonds is 3. The first-order chi connectivity index (χ1) is 5.47. The zero-order valence-corrected chi connectivity index (χ0v) is 8.02. The van der Waals surface area contributed by atoms with Gasteiger partial charge in [0.05, 0.1) is 6.10 Å². The van der Waals surface area contributed by atoms with Crippen molar-refractivity contribution in [2.45, 2.75) is 45.3 Å². The first-order valence-corrected chi connectivity index (χ1v) is 4.40. The molecule has 1 rings (SSSR count). The molecule has 0 unspecified atom stereocenters. The molecule has 3 heteroatoms. The lowest BCUT2D eigenvalue weighted by atomic mass is 10.1. The van der Waals surface area contributed by atoms with Crippen LogP contribution in [-0.2, 0) is 9.53 Å². The molecule has 12 heavy (non-hydrogen) atoms. The highest BCUT2D eigenvalue weighted by Crippen LogP contribution is 2.22. The molecule has 1 amide bonds. The summed E-state index contributed by atoms with van der Waals surface area (Å²) in [6.07, 6.45) is 2.58. The van der Waals surface area contributed by atoms with Gasteiger partial charge in [0.1, 0.15) is 6.61 Å². The fraction of sp³-hybridized carbons (Fsp3) is 0.889. The van der Waals surface area contributed by atoms with Crippen molar-refractivity contribution in [1.29, 1.82) is 0 Å². The molecule has 70 valence electrons. The Morgan fingerprint density at radius 2 is 2.08 bits per heavy atom. The fourth-order valence-corrected chi connectivity index (χ4v) is 0.883. The van der Waals surface area contributed by atoms with Gasteiger partial charge in [-0.1, -0.05) is 0 Å². The Balaban J connectivity index is 2.10. The Hall–Kier alpha value is -0.570. The van der Waals surface area contributed by atoms with Crippen LogP contribution >= 0.6 is 0 Å². The maximum absolute atomic E-state index is 11.2. The van der Waals surface area contributed by atoms with Crippen LogP contribution in [0.25, 0.3) is 0 Å². The van der Waals surface area contributed by atoms with Gasteiger partial charge >= 0.3 is 0 Å². The van der Waals surface area contributed by atoms with Gasteiger partial charge in [-0.05, 0) is 33.6 Å². The summed E-state index contributed by atoms with van der Waals surface area (Å²) in [7, 11) is 0. The van der Waals surface area contributed by atoms with E-state index in [1.54, 1.807) is 0 Å². The van der Waals surface area contributed by atoms with Crippen molar-refractivity contribution >= 4 is 5.91 Å². The predicted octanol–water partition coefficient (Wildman–Crippen LogP) is 1.08. The van der Waals surface area contributed by atoms with E-state index < -0.39 is 0 Å². The van der Waals surface area contributed by atoms with Crippen LogP contribution in [0.15, 0.2) is 0 Å². The average Bonchev–Trinajstić information content (AvgIpc) is 2.61. The zero-order valence-electron chi connectivity index (χ0n) is 8.02. The van der Waals surface area contributed by atoms with Gasteiger partial charge < -0.3 is 10.1 Å². The van der Waals surface area contributed by atoms with E-state index in [1.165, 1.54) is 0 Å². The van der Waals surface area contributed by atoms with Crippen molar-refractivity contribution in [2.24, 2.45) is 0 Å². The maximum atomic E-state index is 11.2. The van der Waals surface area contributed by atoms with E-state index in [2.05, 4.69) is 5.32 Å². The number of hydrogen-bond donors (Lipinski definition) is 1. The highest BCUT2D eigenvalue weighted by atomic mass is 16.5. The van der Waals surface area contributed by atoms with Crippen LogP contribution in [0.5, 0.6) is 0 Å². The largest absolute Gasteiger partial charge is 0.368 e. The second kappa shape index (κ2) is 3.44. The summed E-state index contributed by atoms with van der Waals surface area (Å²) < 4.78 is 5.25. The van der Waals surface area contributed by atoms with E-state index in [0.29, 0.717) is 6.10 Å². The van der Waals surface area contributed by atoms with E-state index in [-0.39, 0.29) is 18.1 Å². The average molecular weight is 171 g/mol. The summed E-state index contributed by atoms with van der Waals surface area (Å²) >= 11 is 0. The molecule has 3 nitrogen and oxygen atoms in total. The Morgan fingerprint density at radius 1 is 1.50 bits per heavy atom. The lowest BCUT2D eigenvalue weighted by Gasteiger charge is -2.20. The molecule has 0 aromatic carbocycles. The van der Waals surface area contributed by atoms with Gasteiger partial charge in [0.15, 0.2) is 0 Å². The molecule has 1 saturated carbocycles. The van der Waals surface area contributed by atoms with E-state index in [4.69, 9.17) is 4.74 Å². The number of amides is 1. The van der Waals surface area contributed by atoms with Gasteiger partial charge in [0.2, 0.25) is 5.91 Å². The third kappa shape index (κ3) is 4.34. The number of carbonyl (C=O) groups is 1. The summed E-state index contributed by atoms with van der Waals surface area (Å²) in [5, 5.41) is 2.84. The molecule has 0 spiro atoms. The number of ether oxygens (including phenoxy) is 1. The molecule has 1 N–H and O–H groups in total. The van der Waals surface area contributed by atoms with Crippen molar-refractivity contribution in [3.8, 4) is 0 Å². The van der Waals surface area contributed by atoms with Crippen LogP contribution in [0.1, 0.15) is 33.6 Å². The van der Waals surface area contributed by atoms with Crippen molar-refractivity contribution in [3.63, 3.8) is 0 Å². The van der Waals surface area contributed by atoms with Crippen molar-refractivity contribution in [1.82, 2.24) is 5.32 Å². The minimum Gasteiger partial charge on any atom is -0.368 e. The lowest BCUT2D eigenvalue weighted by Crippen LogP contribution is -2.42. The van der Waals surface area contributed by atoms with Crippen LogP contribution in [0.2, 0.25) is 0 Å². The summed E-state index contributed by atoms with van der Waals surface area (Å²) in [4.78, 5) is 11.2. The third-order valence-corrected chi connectivity index (χ3v) is 1.49.